The smallest absolute Gasteiger partial charge is 0.354 e. The van der Waals surface area contributed by atoms with E-state index in [1.165, 1.54) is 4.90 Å². The molecule has 0 atom stereocenters. The molecule has 41 heavy (non-hydrogen) atoms. The monoisotopic (exact) mass is 581 g/mol. The standard InChI is InChI=1S/C29H33F6N5O/c1-4-11-39(27(41)21-16-22(28(30,31)32)18-23(17-21)29(33,34)35)19-25-20(3)36-40(24-9-7-6-8-10-24)26(25)38-14-12-37(5-2)13-15-38/h6-10,16-18H,4-5,11-15,19H2,1-3H3. The molecule has 0 saturated carbocycles. The number of carbonyl (C=O) groups excluding carboxylic acids is 1. The first-order valence-electron chi connectivity index (χ1n) is 13.5. The molecule has 1 saturated heterocycles. The second-order valence-corrected chi connectivity index (χ2v) is 10.1. The molecular formula is C29H33F6N5O. The molecule has 2 aromatic carbocycles. The fourth-order valence-corrected chi connectivity index (χ4v) is 5.06. The van der Waals surface area contributed by atoms with E-state index in [4.69, 9.17) is 5.10 Å². The Kier molecular flexibility index (Phi) is 9.00. The van der Waals surface area contributed by atoms with E-state index < -0.39 is 35.0 Å². The molecule has 1 amide bonds. The molecule has 2 heterocycles. The Hall–Kier alpha value is -3.54. The van der Waals surface area contributed by atoms with Crippen molar-refractivity contribution < 1.29 is 31.1 Å². The molecule has 1 aromatic heterocycles. The summed E-state index contributed by atoms with van der Waals surface area (Å²) in [6.45, 7) is 9.72. The maximum atomic E-state index is 13.6. The molecule has 0 radical (unpaired) electrons. The molecule has 0 unspecified atom stereocenters. The van der Waals surface area contributed by atoms with Gasteiger partial charge in [0.05, 0.1) is 29.1 Å². The average molecular weight is 582 g/mol. The van der Waals surface area contributed by atoms with Gasteiger partial charge < -0.3 is 14.7 Å². The lowest BCUT2D eigenvalue weighted by Crippen LogP contribution is -2.47. The minimum Gasteiger partial charge on any atom is -0.354 e. The third kappa shape index (κ3) is 6.86. The predicted molar refractivity (Wildman–Crippen MR) is 144 cm³/mol. The summed E-state index contributed by atoms with van der Waals surface area (Å²) in [6, 6.07) is 10.5. The lowest BCUT2D eigenvalue weighted by molar-refractivity contribution is -0.143. The van der Waals surface area contributed by atoms with E-state index in [2.05, 4.69) is 16.7 Å². The van der Waals surface area contributed by atoms with Gasteiger partial charge in [-0.15, -0.1) is 0 Å². The Balaban J connectivity index is 1.77. The zero-order chi connectivity index (χ0) is 29.9. The summed E-state index contributed by atoms with van der Waals surface area (Å²) < 4.78 is 82.9. The number of likely N-dealkylation sites (N-methyl/N-ethyl adjacent to an activating group) is 1. The van der Waals surface area contributed by atoms with Crippen molar-refractivity contribution in [2.24, 2.45) is 0 Å². The summed E-state index contributed by atoms with van der Waals surface area (Å²) in [5.74, 6) is -0.143. The number of alkyl halides is 6. The van der Waals surface area contributed by atoms with Gasteiger partial charge in [0, 0.05) is 43.9 Å². The number of piperazine rings is 1. The van der Waals surface area contributed by atoms with E-state index in [1.807, 2.05) is 30.3 Å². The number of nitrogens with zero attached hydrogens (tertiary/aromatic N) is 5. The Labute approximate surface area is 235 Å². The maximum absolute atomic E-state index is 13.6. The summed E-state index contributed by atoms with van der Waals surface area (Å²) in [4.78, 5) is 19.4. The first kappa shape index (κ1) is 30.4. The summed E-state index contributed by atoms with van der Waals surface area (Å²) in [7, 11) is 0. The third-order valence-electron chi connectivity index (χ3n) is 7.24. The number of carbonyl (C=O) groups is 1. The van der Waals surface area contributed by atoms with Gasteiger partial charge in [0.25, 0.3) is 5.91 Å². The van der Waals surface area contributed by atoms with Crippen LogP contribution in [0.25, 0.3) is 5.69 Å². The molecule has 6 nitrogen and oxygen atoms in total. The van der Waals surface area contributed by atoms with E-state index in [0.29, 0.717) is 42.9 Å². The van der Waals surface area contributed by atoms with Gasteiger partial charge in [-0.25, -0.2) is 4.68 Å². The van der Waals surface area contributed by atoms with Crippen molar-refractivity contribution in [1.29, 1.82) is 0 Å². The van der Waals surface area contributed by atoms with Gasteiger partial charge >= 0.3 is 12.4 Å². The van der Waals surface area contributed by atoms with Gasteiger partial charge in [0.2, 0.25) is 0 Å². The highest BCUT2D eigenvalue weighted by Crippen LogP contribution is 2.37. The van der Waals surface area contributed by atoms with Crippen LogP contribution in [-0.4, -0.2) is 64.8 Å². The lowest BCUT2D eigenvalue weighted by atomic mass is 10.0. The fourth-order valence-electron chi connectivity index (χ4n) is 5.06. The van der Waals surface area contributed by atoms with Gasteiger partial charge in [0.15, 0.2) is 0 Å². The SMILES string of the molecule is CCCN(Cc1c(C)nn(-c2ccccc2)c1N1CCN(CC)CC1)C(=O)c1cc(C(F)(F)F)cc(C(F)(F)F)c1. The normalized spacial score (nSPS) is 14.9. The number of hydrogen-bond acceptors (Lipinski definition) is 4. The van der Waals surface area contributed by atoms with Crippen LogP contribution in [0.3, 0.4) is 0 Å². The number of halogens is 6. The van der Waals surface area contributed by atoms with Crippen LogP contribution in [0.1, 0.15) is 53.0 Å². The Morgan fingerprint density at radius 2 is 1.49 bits per heavy atom. The van der Waals surface area contributed by atoms with Crippen molar-refractivity contribution in [2.75, 3.05) is 44.2 Å². The van der Waals surface area contributed by atoms with Crippen LogP contribution in [0.5, 0.6) is 0 Å². The zero-order valence-corrected chi connectivity index (χ0v) is 23.2. The molecule has 0 bridgehead atoms. The quantitative estimate of drug-likeness (QED) is 0.289. The van der Waals surface area contributed by atoms with Gasteiger partial charge in [-0.1, -0.05) is 32.0 Å². The van der Waals surface area contributed by atoms with Gasteiger partial charge in [-0.2, -0.15) is 31.4 Å². The largest absolute Gasteiger partial charge is 0.416 e. The van der Waals surface area contributed by atoms with Crippen LogP contribution in [-0.2, 0) is 18.9 Å². The van der Waals surface area contributed by atoms with Crippen LogP contribution < -0.4 is 4.90 Å². The average Bonchev–Trinajstić information content (AvgIpc) is 3.27. The number of rotatable bonds is 8. The number of hydrogen-bond donors (Lipinski definition) is 0. The minimum atomic E-state index is -5.05. The first-order chi connectivity index (χ1) is 19.3. The number of aromatic nitrogens is 2. The second-order valence-electron chi connectivity index (χ2n) is 10.1. The molecule has 0 N–H and O–H groups in total. The van der Waals surface area contributed by atoms with Crippen LogP contribution in [0.15, 0.2) is 48.5 Å². The minimum absolute atomic E-state index is 0.0216. The highest BCUT2D eigenvalue weighted by atomic mass is 19.4. The number of para-hydroxylation sites is 1. The highest BCUT2D eigenvalue weighted by Gasteiger charge is 2.38. The third-order valence-corrected chi connectivity index (χ3v) is 7.24. The summed E-state index contributed by atoms with van der Waals surface area (Å²) >= 11 is 0. The van der Waals surface area contributed by atoms with Crippen molar-refractivity contribution in [3.05, 3.63) is 76.5 Å². The Morgan fingerprint density at radius 1 is 0.902 bits per heavy atom. The summed E-state index contributed by atoms with van der Waals surface area (Å²) in [5, 5.41) is 4.76. The van der Waals surface area contributed by atoms with Gasteiger partial charge in [-0.05, 0) is 50.2 Å². The fraction of sp³-hybridized carbons (Fsp3) is 0.448. The van der Waals surface area contributed by atoms with E-state index in [9.17, 15) is 31.1 Å². The summed E-state index contributed by atoms with van der Waals surface area (Å²) in [6.07, 6.45) is -9.65. The second kappa shape index (κ2) is 12.1. The van der Waals surface area contributed by atoms with E-state index in [1.54, 1.807) is 18.5 Å². The van der Waals surface area contributed by atoms with E-state index in [0.717, 1.165) is 31.1 Å². The molecule has 1 aliphatic heterocycles. The van der Waals surface area contributed by atoms with Crippen LogP contribution >= 0.6 is 0 Å². The van der Waals surface area contributed by atoms with E-state index in [-0.39, 0.29) is 19.2 Å². The molecule has 12 heteroatoms. The molecule has 0 spiro atoms. The molecule has 222 valence electrons. The van der Waals surface area contributed by atoms with E-state index >= 15 is 0 Å². The number of benzene rings is 2. The molecule has 1 aliphatic rings. The van der Waals surface area contributed by atoms with Crippen LogP contribution in [0.4, 0.5) is 32.2 Å². The van der Waals surface area contributed by atoms with Crippen LogP contribution in [0, 0.1) is 6.92 Å². The van der Waals surface area contributed by atoms with Gasteiger partial charge in [-0.3, -0.25) is 4.79 Å². The summed E-state index contributed by atoms with van der Waals surface area (Å²) in [5.41, 5.74) is -1.58. The highest BCUT2D eigenvalue weighted by molar-refractivity contribution is 5.94. The number of amides is 1. The van der Waals surface area contributed by atoms with Crippen molar-refractivity contribution in [1.82, 2.24) is 19.6 Å². The van der Waals surface area contributed by atoms with Gasteiger partial charge in [0.1, 0.15) is 5.82 Å². The topological polar surface area (TPSA) is 44.6 Å². The molecule has 4 rings (SSSR count). The number of anilines is 1. The van der Waals surface area contributed by atoms with Crippen LogP contribution in [0.2, 0.25) is 0 Å². The maximum Gasteiger partial charge on any atom is 0.416 e. The van der Waals surface area contributed by atoms with Crippen molar-refractivity contribution in [3.63, 3.8) is 0 Å². The van der Waals surface area contributed by atoms with Crippen molar-refractivity contribution >= 4 is 11.7 Å². The Bertz CT molecular complexity index is 1310. The molecule has 0 aliphatic carbocycles. The van der Waals surface area contributed by atoms with Crippen molar-refractivity contribution in [3.8, 4) is 5.69 Å². The molecular weight excluding hydrogens is 548 g/mol. The number of aryl methyl sites for hydroxylation is 1. The van der Waals surface area contributed by atoms with Crippen molar-refractivity contribution in [2.45, 2.75) is 46.1 Å². The molecule has 3 aromatic rings. The molecule has 1 fully saturated rings. The zero-order valence-electron chi connectivity index (χ0n) is 23.2. The Morgan fingerprint density at radius 3 is 2.00 bits per heavy atom. The lowest BCUT2D eigenvalue weighted by Gasteiger charge is -2.36. The first-order valence-corrected chi connectivity index (χ1v) is 13.5. The predicted octanol–water partition coefficient (Wildman–Crippen LogP) is 6.41.